The number of benzene rings is 1. The Morgan fingerprint density at radius 2 is 2.27 bits per heavy atom. The van der Waals surface area contributed by atoms with Crippen LogP contribution in [0.15, 0.2) is 23.2 Å². The van der Waals surface area contributed by atoms with Crippen molar-refractivity contribution in [3.05, 3.63) is 51.0 Å². The van der Waals surface area contributed by atoms with Crippen molar-refractivity contribution in [1.29, 1.82) is 0 Å². The first kappa shape index (κ1) is 13.8. The second-order valence-corrected chi connectivity index (χ2v) is 6.53. The van der Waals surface area contributed by atoms with Gasteiger partial charge in [0.1, 0.15) is 16.5 Å². The molecule has 7 heteroatoms. The van der Waals surface area contributed by atoms with E-state index in [2.05, 4.69) is 22.0 Å². The maximum absolute atomic E-state index is 14.3. The average Bonchev–Trinajstić information content (AvgIpc) is 3.03. The number of aryl methyl sites for hydroxylation is 1. The number of aliphatic imine (C=N–C) groups is 1. The van der Waals surface area contributed by atoms with E-state index in [4.69, 9.17) is 11.6 Å². The molecule has 1 aromatic carbocycles. The average molecular weight is 335 g/mol. The zero-order chi connectivity index (χ0) is 15.3. The molecule has 0 radical (unpaired) electrons. The number of nitrogens with zero attached hydrogens (tertiary/aromatic N) is 4. The molecule has 2 aromatic heterocycles. The van der Waals surface area contributed by atoms with Gasteiger partial charge >= 0.3 is 0 Å². The number of halogens is 2. The lowest BCUT2D eigenvalue weighted by Gasteiger charge is -2.13. The molecule has 1 aliphatic heterocycles. The maximum atomic E-state index is 14.3. The Morgan fingerprint density at radius 1 is 1.41 bits per heavy atom. The summed E-state index contributed by atoms with van der Waals surface area (Å²) >= 11 is 7.41. The van der Waals surface area contributed by atoms with Crippen LogP contribution in [-0.4, -0.2) is 26.9 Å². The molecule has 1 aliphatic rings. The highest BCUT2D eigenvalue weighted by Crippen LogP contribution is 2.27. The predicted octanol–water partition coefficient (Wildman–Crippen LogP) is 3.54. The fourth-order valence-corrected chi connectivity index (χ4v) is 3.64. The van der Waals surface area contributed by atoms with Gasteiger partial charge in [0.05, 0.1) is 11.4 Å². The van der Waals surface area contributed by atoms with E-state index >= 15 is 0 Å². The second kappa shape index (κ2) is 5.14. The van der Waals surface area contributed by atoms with Gasteiger partial charge in [-0.2, -0.15) is 5.10 Å². The van der Waals surface area contributed by atoms with Gasteiger partial charge in [0.15, 0.2) is 0 Å². The number of rotatable bonds is 2. The molecule has 3 heterocycles. The van der Waals surface area contributed by atoms with Crippen molar-refractivity contribution in [2.75, 3.05) is 6.54 Å². The Labute approximate surface area is 135 Å². The summed E-state index contributed by atoms with van der Waals surface area (Å²) in [6.45, 7) is 2.66. The fraction of sp³-hybridized carbons (Fsp3) is 0.267. The fourth-order valence-electron chi connectivity index (χ4n) is 2.63. The molecule has 112 valence electrons. The molecule has 0 unspecified atom stereocenters. The molecule has 0 N–H and O–H groups in total. The normalized spacial score (nSPS) is 14.2. The number of aromatic nitrogens is 3. The third-order valence-corrected chi connectivity index (χ3v) is 4.94. The van der Waals surface area contributed by atoms with Gasteiger partial charge in [0.2, 0.25) is 4.96 Å². The van der Waals surface area contributed by atoms with Gasteiger partial charge in [-0.25, -0.2) is 13.9 Å². The predicted molar refractivity (Wildman–Crippen MR) is 85.9 cm³/mol. The summed E-state index contributed by atoms with van der Waals surface area (Å²) in [5.74, 6) is -0.375. The molecule has 0 aliphatic carbocycles. The van der Waals surface area contributed by atoms with Gasteiger partial charge in [-0.15, -0.1) is 0 Å². The summed E-state index contributed by atoms with van der Waals surface area (Å²) in [4.78, 5) is 10.00. The van der Waals surface area contributed by atoms with Crippen molar-refractivity contribution in [3.63, 3.8) is 0 Å². The first-order chi connectivity index (χ1) is 10.7. The summed E-state index contributed by atoms with van der Waals surface area (Å²) in [6, 6.07) is 4.65. The Morgan fingerprint density at radius 3 is 3.05 bits per heavy atom. The molecule has 0 bridgehead atoms. The van der Waals surface area contributed by atoms with E-state index in [-0.39, 0.29) is 5.82 Å². The van der Waals surface area contributed by atoms with Crippen molar-refractivity contribution >= 4 is 33.6 Å². The van der Waals surface area contributed by atoms with Crippen LogP contribution in [0.2, 0.25) is 5.02 Å². The molecule has 4 nitrogen and oxygen atoms in total. The van der Waals surface area contributed by atoms with Gasteiger partial charge in [-0.1, -0.05) is 29.9 Å². The Kier molecular flexibility index (Phi) is 3.23. The summed E-state index contributed by atoms with van der Waals surface area (Å²) < 4.78 is 16.1. The summed E-state index contributed by atoms with van der Waals surface area (Å²) in [5.41, 5.74) is 2.79. The van der Waals surface area contributed by atoms with Gasteiger partial charge < -0.3 is 0 Å². The van der Waals surface area contributed by atoms with Crippen LogP contribution in [0, 0.1) is 5.82 Å². The van der Waals surface area contributed by atoms with Gasteiger partial charge in [0, 0.05) is 23.6 Å². The third kappa shape index (κ3) is 2.06. The summed E-state index contributed by atoms with van der Waals surface area (Å²) in [7, 11) is 0. The smallest absolute Gasteiger partial charge is 0.213 e. The highest BCUT2D eigenvalue weighted by Gasteiger charge is 2.26. The van der Waals surface area contributed by atoms with E-state index in [1.165, 1.54) is 6.07 Å². The minimum absolute atomic E-state index is 0.373. The lowest BCUT2D eigenvalue weighted by Crippen LogP contribution is -2.17. The molecular formula is C15H12ClFN4S. The summed E-state index contributed by atoms with van der Waals surface area (Å²) in [6.07, 6.45) is 1.61. The van der Waals surface area contributed by atoms with Crippen LogP contribution in [0.3, 0.4) is 0 Å². The van der Waals surface area contributed by atoms with E-state index in [1.807, 2.05) is 0 Å². The largest absolute Gasteiger partial charge is 0.282 e. The van der Waals surface area contributed by atoms with Gasteiger partial charge in [-0.05, 0) is 24.6 Å². The van der Waals surface area contributed by atoms with Gasteiger partial charge in [0.25, 0.3) is 0 Å². The van der Waals surface area contributed by atoms with Crippen LogP contribution in [0.1, 0.15) is 28.9 Å². The standard InChI is InChI=1S/C15H12ClFN4S/c1-2-12-20-21-14-11(19-15(21)22-12)5-6-18-13(14)9-4-3-8(16)7-10(9)17/h3-4,7H,2,5-6H2,1H3. The van der Waals surface area contributed by atoms with E-state index < -0.39 is 0 Å². The Hall–Kier alpha value is -1.79. The van der Waals surface area contributed by atoms with Crippen LogP contribution in [0.25, 0.3) is 4.96 Å². The minimum atomic E-state index is -0.375. The Balaban J connectivity index is 1.94. The van der Waals surface area contributed by atoms with Crippen molar-refractivity contribution in [1.82, 2.24) is 14.6 Å². The molecular weight excluding hydrogens is 323 g/mol. The lowest BCUT2D eigenvalue weighted by molar-refractivity contribution is 0.625. The molecule has 22 heavy (non-hydrogen) atoms. The van der Waals surface area contributed by atoms with Crippen LogP contribution in [0.4, 0.5) is 4.39 Å². The number of fused-ring (bicyclic) bond motifs is 3. The van der Waals surface area contributed by atoms with Crippen LogP contribution in [0.5, 0.6) is 0 Å². The third-order valence-electron chi connectivity index (χ3n) is 3.65. The SMILES string of the molecule is CCc1nn2c3c(nc2s1)CCN=C3c1ccc(Cl)cc1F. The molecule has 4 rings (SSSR count). The molecule has 0 saturated carbocycles. The first-order valence-corrected chi connectivity index (χ1v) is 8.24. The number of hydrogen-bond acceptors (Lipinski definition) is 4. The highest BCUT2D eigenvalue weighted by atomic mass is 35.5. The van der Waals surface area contributed by atoms with Crippen molar-refractivity contribution < 1.29 is 4.39 Å². The minimum Gasteiger partial charge on any atom is -0.282 e. The van der Waals surface area contributed by atoms with E-state index in [1.54, 1.807) is 28.0 Å². The Bertz CT molecular complexity index is 912. The topological polar surface area (TPSA) is 42.5 Å². The van der Waals surface area contributed by atoms with E-state index in [9.17, 15) is 4.39 Å². The molecule has 0 spiro atoms. The van der Waals surface area contributed by atoms with Gasteiger partial charge in [-0.3, -0.25) is 4.99 Å². The van der Waals surface area contributed by atoms with Crippen LogP contribution >= 0.6 is 22.9 Å². The molecule has 0 saturated heterocycles. The van der Waals surface area contributed by atoms with Crippen LogP contribution < -0.4 is 0 Å². The highest BCUT2D eigenvalue weighted by molar-refractivity contribution is 7.16. The quantitative estimate of drug-likeness (QED) is 0.719. The molecule has 0 fully saturated rings. The van der Waals surface area contributed by atoms with Crippen molar-refractivity contribution in [2.45, 2.75) is 19.8 Å². The number of imidazole rings is 1. The monoisotopic (exact) mass is 334 g/mol. The lowest BCUT2D eigenvalue weighted by atomic mass is 10.0. The van der Waals surface area contributed by atoms with Crippen LogP contribution in [-0.2, 0) is 12.8 Å². The zero-order valence-electron chi connectivity index (χ0n) is 11.8. The summed E-state index contributed by atoms with van der Waals surface area (Å²) in [5, 5.41) is 5.95. The van der Waals surface area contributed by atoms with E-state index in [0.29, 0.717) is 22.8 Å². The number of hydrogen-bond donors (Lipinski definition) is 0. The molecule has 3 aromatic rings. The first-order valence-electron chi connectivity index (χ1n) is 7.05. The second-order valence-electron chi connectivity index (χ2n) is 5.06. The van der Waals surface area contributed by atoms with E-state index in [0.717, 1.165) is 34.2 Å². The molecule has 0 atom stereocenters. The maximum Gasteiger partial charge on any atom is 0.213 e. The van der Waals surface area contributed by atoms with Crippen molar-refractivity contribution in [2.24, 2.45) is 4.99 Å². The van der Waals surface area contributed by atoms with Crippen molar-refractivity contribution in [3.8, 4) is 0 Å². The zero-order valence-corrected chi connectivity index (χ0v) is 13.4. The molecule has 0 amide bonds.